The summed E-state index contributed by atoms with van der Waals surface area (Å²) in [5.74, 6) is 0. The molecule has 14 aromatic rings. The standard InChI is InChI=1S/C64H40N4/c1-5-19-41(20-6-1)52-39-61-62(51-31-16-14-28-48(51)52)54-38-53-50-30-17-18-32-57(50)68(59(53)40-60(54)67(61)45-25-11-4-12-26-45)58-36-34-46(47-27-13-15-29-49(47)58)44-33-35-55-56(37-44)66-64(43-23-9-3-10-24-43)63(65-55)42-21-7-2-8-22-42/h1-40H. The van der Waals surface area contributed by atoms with Crippen molar-refractivity contribution in [1.82, 2.24) is 19.1 Å². The molecule has 0 bridgehead atoms. The highest BCUT2D eigenvalue weighted by Crippen LogP contribution is 2.45. The molecule has 4 heteroatoms. The summed E-state index contributed by atoms with van der Waals surface area (Å²) in [7, 11) is 0. The van der Waals surface area contributed by atoms with Crippen molar-refractivity contribution >= 4 is 76.2 Å². The Balaban J connectivity index is 1.01. The first-order valence-corrected chi connectivity index (χ1v) is 23.2. The number of hydrogen-bond donors (Lipinski definition) is 0. The Labute approximate surface area is 392 Å². The smallest absolute Gasteiger partial charge is 0.0973 e. The van der Waals surface area contributed by atoms with Gasteiger partial charge in [0.25, 0.3) is 0 Å². The second-order valence-electron chi connectivity index (χ2n) is 17.7. The molecule has 0 amide bonds. The van der Waals surface area contributed by atoms with Gasteiger partial charge in [-0.2, -0.15) is 0 Å². The predicted molar refractivity (Wildman–Crippen MR) is 285 cm³/mol. The van der Waals surface area contributed by atoms with Crippen LogP contribution in [0.3, 0.4) is 0 Å². The molecule has 14 rings (SSSR count). The van der Waals surface area contributed by atoms with Gasteiger partial charge in [0.15, 0.2) is 0 Å². The Morgan fingerprint density at radius 3 is 1.50 bits per heavy atom. The van der Waals surface area contributed by atoms with Crippen LogP contribution in [0.15, 0.2) is 243 Å². The van der Waals surface area contributed by atoms with Gasteiger partial charge < -0.3 is 9.13 Å². The summed E-state index contributed by atoms with van der Waals surface area (Å²) in [6.07, 6.45) is 0. The highest BCUT2D eigenvalue weighted by molar-refractivity contribution is 6.27. The van der Waals surface area contributed by atoms with Gasteiger partial charge >= 0.3 is 0 Å². The first kappa shape index (κ1) is 38.2. The first-order chi connectivity index (χ1) is 33.7. The van der Waals surface area contributed by atoms with Crippen LogP contribution in [0, 0.1) is 0 Å². The summed E-state index contributed by atoms with van der Waals surface area (Å²) in [6.45, 7) is 0. The second kappa shape index (κ2) is 15.2. The van der Waals surface area contributed by atoms with Crippen molar-refractivity contribution in [2.75, 3.05) is 0 Å². The van der Waals surface area contributed by atoms with Gasteiger partial charge in [0.1, 0.15) is 0 Å². The van der Waals surface area contributed by atoms with Gasteiger partial charge in [-0.25, -0.2) is 9.97 Å². The minimum atomic E-state index is 0.859. The van der Waals surface area contributed by atoms with E-state index in [9.17, 15) is 0 Å². The van der Waals surface area contributed by atoms with E-state index in [2.05, 4.69) is 240 Å². The molecule has 0 saturated heterocycles. The molecule has 0 aliphatic rings. The lowest BCUT2D eigenvalue weighted by atomic mass is 9.94. The molecule has 11 aromatic carbocycles. The molecular weight excluding hydrogens is 825 g/mol. The maximum absolute atomic E-state index is 5.35. The van der Waals surface area contributed by atoms with Crippen molar-refractivity contribution in [3.63, 3.8) is 0 Å². The van der Waals surface area contributed by atoms with E-state index in [0.717, 1.165) is 61.6 Å². The fourth-order valence-corrected chi connectivity index (χ4v) is 10.9. The number of benzene rings is 11. The van der Waals surface area contributed by atoms with Gasteiger partial charge in [0.2, 0.25) is 0 Å². The summed E-state index contributed by atoms with van der Waals surface area (Å²) < 4.78 is 4.96. The van der Waals surface area contributed by atoms with Crippen molar-refractivity contribution in [3.05, 3.63) is 243 Å². The lowest BCUT2D eigenvalue weighted by molar-refractivity contribution is 1.17. The van der Waals surface area contributed by atoms with Crippen LogP contribution in [0.25, 0.3) is 132 Å². The van der Waals surface area contributed by atoms with Gasteiger partial charge in [-0.05, 0) is 93.0 Å². The zero-order chi connectivity index (χ0) is 44.7. The lowest BCUT2D eigenvalue weighted by Gasteiger charge is -2.16. The van der Waals surface area contributed by atoms with Crippen molar-refractivity contribution in [2.45, 2.75) is 0 Å². The third-order valence-corrected chi connectivity index (χ3v) is 13.9. The molecule has 0 aliphatic heterocycles. The van der Waals surface area contributed by atoms with Crippen LogP contribution in [0.4, 0.5) is 0 Å². The molecule has 0 aliphatic carbocycles. The second-order valence-corrected chi connectivity index (χ2v) is 17.7. The highest BCUT2D eigenvalue weighted by Gasteiger charge is 2.23. The van der Waals surface area contributed by atoms with Crippen molar-refractivity contribution < 1.29 is 0 Å². The van der Waals surface area contributed by atoms with Crippen molar-refractivity contribution in [3.8, 4) is 56.1 Å². The van der Waals surface area contributed by atoms with Crippen molar-refractivity contribution in [2.24, 2.45) is 0 Å². The SMILES string of the molecule is c1ccc(-c2nc3ccc(-c4ccc(-n5c6ccccc6c6cc7c8c9ccccc9c(-c9ccccc9)cc8n(-c8ccccc8)c7cc65)c5ccccc45)cc3nc2-c2ccccc2)cc1. The quantitative estimate of drug-likeness (QED) is 0.167. The average Bonchev–Trinajstić information content (AvgIpc) is 3.91. The zero-order valence-electron chi connectivity index (χ0n) is 36.9. The molecule has 68 heavy (non-hydrogen) atoms. The van der Waals surface area contributed by atoms with E-state index < -0.39 is 0 Å². The van der Waals surface area contributed by atoms with E-state index in [1.165, 1.54) is 70.8 Å². The number of rotatable bonds is 6. The van der Waals surface area contributed by atoms with Crippen LogP contribution in [0.2, 0.25) is 0 Å². The number of aromatic nitrogens is 4. The molecule has 316 valence electrons. The average molecular weight is 865 g/mol. The minimum Gasteiger partial charge on any atom is -0.309 e. The monoisotopic (exact) mass is 864 g/mol. The largest absolute Gasteiger partial charge is 0.309 e. The van der Waals surface area contributed by atoms with Crippen LogP contribution < -0.4 is 0 Å². The number of para-hydroxylation sites is 2. The molecular formula is C64H40N4. The molecule has 3 heterocycles. The molecule has 0 N–H and O–H groups in total. The fourth-order valence-electron chi connectivity index (χ4n) is 10.9. The molecule has 0 unspecified atom stereocenters. The topological polar surface area (TPSA) is 35.6 Å². The Morgan fingerprint density at radius 2 is 0.809 bits per heavy atom. The maximum atomic E-state index is 5.35. The molecule has 0 radical (unpaired) electrons. The molecule has 0 atom stereocenters. The van der Waals surface area contributed by atoms with Crippen molar-refractivity contribution in [1.29, 1.82) is 0 Å². The Morgan fingerprint density at radius 1 is 0.265 bits per heavy atom. The third-order valence-electron chi connectivity index (χ3n) is 13.9. The van der Waals surface area contributed by atoms with Crippen LogP contribution in [-0.4, -0.2) is 19.1 Å². The van der Waals surface area contributed by atoms with Crippen LogP contribution in [-0.2, 0) is 0 Å². The Bertz CT molecular complexity index is 4290. The van der Waals surface area contributed by atoms with Gasteiger partial charge in [0, 0.05) is 43.7 Å². The van der Waals surface area contributed by atoms with E-state index in [-0.39, 0.29) is 0 Å². The van der Waals surface area contributed by atoms with E-state index in [0.29, 0.717) is 0 Å². The van der Waals surface area contributed by atoms with E-state index in [1.807, 2.05) is 12.1 Å². The number of fused-ring (bicyclic) bond motifs is 10. The molecule has 3 aromatic heterocycles. The van der Waals surface area contributed by atoms with E-state index in [4.69, 9.17) is 9.97 Å². The van der Waals surface area contributed by atoms with Gasteiger partial charge in [-0.15, -0.1) is 0 Å². The highest BCUT2D eigenvalue weighted by atomic mass is 15.0. The maximum Gasteiger partial charge on any atom is 0.0973 e. The molecule has 0 spiro atoms. The van der Waals surface area contributed by atoms with Gasteiger partial charge in [-0.3, -0.25) is 0 Å². The molecule has 0 saturated carbocycles. The summed E-state index contributed by atoms with van der Waals surface area (Å²) in [5.41, 5.74) is 17.2. The van der Waals surface area contributed by atoms with E-state index >= 15 is 0 Å². The fraction of sp³-hybridized carbons (Fsp3) is 0. The van der Waals surface area contributed by atoms with Crippen LogP contribution >= 0.6 is 0 Å². The number of nitrogens with zero attached hydrogens (tertiary/aromatic N) is 4. The predicted octanol–water partition coefficient (Wildman–Crippen LogP) is 16.8. The van der Waals surface area contributed by atoms with E-state index in [1.54, 1.807) is 0 Å². The first-order valence-electron chi connectivity index (χ1n) is 23.2. The summed E-state index contributed by atoms with van der Waals surface area (Å²) in [6, 6.07) is 87.5. The van der Waals surface area contributed by atoms with Gasteiger partial charge in [-0.1, -0.05) is 188 Å². The normalized spacial score (nSPS) is 11.8. The molecule has 0 fully saturated rings. The zero-order valence-corrected chi connectivity index (χ0v) is 36.9. The van der Waals surface area contributed by atoms with Crippen LogP contribution in [0.5, 0.6) is 0 Å². The van der Waals surface area contributed by atoms with Gasteiger partial charge in [0.05, 0.1) is 50.2 Å². The summed E-state index contributed by atoms with van der Waals surface area (Å²) in [4.78, 5) is 10.6. The minimum absolute atomic E-state index is 0.859. The lowest BCUT2D eigenvalue weighted by Crippen LogP contribution is -1.98. The Kier molecular flexibility index (Phi) is 8.55. The number of hydrogen-bond acceptors (Lipinski definition) is 2. The third kappa shape index (κ3) is 5.87. The van der Waals surface area contributed by atoms with Crippen LogP contribution in [0.1, 0.15) is 0 Å². The summed E-state index contributed by atoms with van der Waals surface area (Å²) >= 11 is 0. The Hall–Kier alpha value is -9.12. The molecule has 4 nitrogen and oxygen atoms in total. The summed E-state index contributed by atoms with van der Waals surface area (Å²) in [5, 5.41) is 9.79.